The number of allylic oxidation sites excluding steroid dienone is 1. The molecule has 2 heterocycles. The first-order valence-electron chi connectivity index (χ1n) is 12.1. The Morgan fingerprint density at radius 2 is 1.74 bits per heavy atom. The molecule has 39 heavy (non-hydrogen) atoms. The average molecular weight is 540 g/mol. The largest absolute Gasteiger partial charge is 0.503 e. The first-order chi connectivity index (χ1) is 19.0. The molecule has 0 spiro atoms. The second kappa shape index (κ2) is 11.3. The van der Waals surface area contributed by atoms with Crippen molar-refractivity contribution in [1.29, 1.82) is 0 Å². The fraction of sp³-hybridized carbons (Fsp3) is 0.133. The average Bonchev–Trinajstić information content (AvgIpc) is 3.51. The number of ketones is 1. The molecule has 5 rings (SSSR count). The van der Waals surface area contributed by atoms with Gasteiger partial charge in [0.2, 0.25) is 5.13 Å². The van der Waals surface area contributed by atoms with Gasteiger partial charge in [0.25, 0.3) is 5.91 Å². The number of anilines is 1. The van der Waals surface area contributed by atoms with Crippen LogP contribution in [0.1, 0.15) is 27.7 Å². The van der Waals surface area contributed by atoms with Gasteiger partial charge in [-0.3, -0.25) is 14.5 Å². The molecule has 9 heteroatoms. The third-order valence-electron chi connectivity index (χ3n) is 6.16. The molecule has 1 aliphatic rings. The summed E-state index contributed by atoms with van der Waals surface area (Å²) in [5, 5.41) is 20.0. The van der Waals surface area contributed by atoms with Crippen molar-refractivity contribution < 1.29 is 24.2 Å². The topological polar surface area (TPSA) is 102 Å². The Hall–Kier alpha value is -4.76. The second-order valence-corrected chi connectivity index (χ2v) is 9.90. The molecule has 1 aliphatic heterocycles. The molecule has 196 valence electrons. The molecule has 1 aromatic heterocycles. The fourth-order valence-corrected chi connectivity index (χ4v) is 5.00. The van der Waals surface area contributed by atoms with Crippen molar-refractivity contribution in [2.75, 3.05) is 12.0 Å². The minimum Gasteiger partial charge on any atom is -0.503 e. The molecular formula is C30H25N3O5S. The van der Waals surface area contributed by atoms with Crippen molar-refractivity contribution in [2.45, 2.75) is 19.6 Å². The Balaban J connectivity index is 1.52. The van der Waals surface area contributed by atoms with Gasteiger partial charge in [0, 0.05) is 0 Å². The van der Waals surface area contributed by atoms with E-state index in [-0.39, 0.29) is 10.7 Å². The number of carbonyl (C=O) groups excluding carboxylic acids is 2. The number of hydrogen-bond donors (Lipinski definition) is 1. The van der Waals surface area contributed by atoms with E-state index < -0.39 is 23.5 Å². The van der Waals surface area contributed by atoms with E-state index in [1.165, 1.54) is 29.4 Å². The summed E-state index contributed by atoms with van der Waals surface area (Å²) < 4.78 is 11.6. The summed E-state index contributed by atoms with van der Waals surface area (Å²) in [5.74, 6) is -0.934. The van der Waals surface area contributed by atoms with Crippen LogP contribution in [0.4, 0.5) is 5.13 Å². The van der Waals surface area contributed by atoms with Crippen LogP contribution in [0.2, 0.25) is 0 Å². The lowest BCUT2D eigenvalue weighted by Gasteiger charge is -2.24. The lowest BCUT2D eigenvalue weighted by Crippen LogP contribution is -2.30. The predicted octanol–water partition coefficient (Wildman–Crippen LogP) is 5.62. The molecule has 0 fully saturated rings. The van der Waals surface area contributed by atoms with E-state index in [9.17, 15) is 14.7 Å². The van der Waals surface area contributed by atoms with Crippen molar-refractivity contribution in [3.8, 4) is 11.5 Å². The highest BCUT2D eigenvalue weighted by atomic mass is 32.1. The second-order valence-electron chi connectivity index (χ2n) is 8.74. The molecule has 1 amide bonds. The number of aromatic nitrogens is 2. The minimum atomic E-state index is -0.949. The van der Waals surface area contributed by atoms with E-state index in [0.717, 1.165) is 11.1 Å². The zero-order valence-corrected chi connectivity index (χ0v) is 22.1. The van der Waals surface area contributed by atoms with Gasteiger partial charge in [0.1, 0.15) is 11.6 Å². The summed E-state index contributed by atoms with van der Waals surface area (Å²) in [7, 11) is 1.52. The van der Waals surface area contributed by atoms with Crippen molar-refractivity contribution in [2.24, 2.45) is 0 Å². The number of benzene rings is 3. The molecular weight excluding hydrogens is 514 g/mol. The third-order valence-corrected chi connectivity index (χ3v) is 7.00. The highest BCUT2D eigenvalue weighted by Crippen LogP contribution is 2.44. The molecule has 1 N–H and O–H groups in total. The van der Waals surface area contributed by atoms with Crippen LogP contribution in [0.5, 0.6) is 11.5 Å². The SMILES string of the molecule is COc1cc(C2C(C(=O)C=Cc3ccccc3)=C(O)C(=O)N2c2nnc(C)s2)ccc1OCc1ccccc1. The molecule has 0 saturated heterocycles. The van der Waals surface area contributed by atoms with Crippen molar-refractivity contribution >= 4 is 34.2 Å². The first-order valence-corrected chi connectivity index (χ1v) is 13.0. The van der Waals surface area contributed by atoms with Gasteiger partial charge < -0.3 is 14.6 Å². The molecule has 4 aromatic rings. The van der Waals surface area contributed by atoms with E-state index in [1.54, 1.807) is 31.2 Å². The Morgan fingerprint density at radius 1 is 1.03 bits per heavy atom. The maximum absolute atomic E-state index is 13.4. The Kier molecular flexibility index (Phi) is 7.51. The van der Waals surface area contributed by atoms with Crippen LogP contribution in [0.15, 0.2) is 96.3 Å². The van der Waals surface area contributed by atoms with Crippen LogP contribution in [0, 0.1) is 6.92 Å². The van der Waals surface area contributed by atoms with Gasteiger partial charge in [-0.2, -0.15) is 0 Å². The maximum atomic E-state index is 13.4. The number of amides is 1. The monoisotopic (exact) mass is 539 g/mol. The molecule has 1 atom stereocenters. The van der Waals surface area contributed by atoms with Crippen LogP contribution in [0.3, 0.4) is 0 Å². The molecule has 0 saturated carbocycles. The maximum Gasteiger partial charge on any atom is 0.296 e. The standard InChI is InChI=1S/C30H25N3O5S/c1-19-31-32-30(39-19)33-27(26(28(35)29(33)36)23(34)15-13-20-9-5-3-6-10-20)22-14-16-24(25(17-22)37-2)38-18-21-11-7-4-8-12-21/h3-17,27,35H,18H2,1-2H3. The number of aryl methyl sites for hydroxylation is 1. The number of rotatable bonds is 9. The van der Waals surface area contributed by atoms with Crippen LogP contribution in [0.25, 0.3) is 6.08 Å². The summed E-state index contributed by atoms with van der Waals surface area (Å²) in [6, 6.07) is 23.2. The zero-order chi connectivity index (χ0) is 27.4. The van der Waals surface area contributed by atoms with Crippen LogP contribution >= 0.6 is 11.3 Å². The van der Waals surface area contributed by atoms with E-state index >= 15 is 0 Å². The van der Waals surface area contributed by atoms with E-state index in [2.05, 4.69) is 10.2 Å². The minimum absolute atomic E-state index is 0.0555. The lowest BCUT2D eigenvalue weighted by molar-refractivity contribution is -0.117. The number of carbonyl (C=O) groups is 2. The van der Waals surface area contributed by atoms with Crippen LogP contribution in [-0.2, 0) is 16.2 Å². The van der Waals surface area contributed by atoms with Gasteiger partial charge in [-0.25, -0.2) is 0 Å². The quantitative estimate of drug-likeness (QED) is 0.276. The fourth-order valence-electron chi connectivity index (χ4n) is 4.29. The summed E-state index contributed by atoms with van der Waals surface area (Å²) in [6.45, 7) is 2.10. The van der Waals surface area contributed by atoms with Crippen LogP contribution in [-0.4, -0.2) is 34.1 Å². The van der Waals surface area contributed by atoms with Gasteiger partial charge in [0.15, 0.2) is 23.0 Å². The Labute approximate surface area is 229 Å². The lowest BCUT2D eigenvalue weighted by atomic mass is 9.95. The van der Waals surface area contributed by atoms with Gasteiger partial charge in [-0.1, -0.05) is 84.1 Å². The summed E-state index contributed by atoms with van der Waals surface area (Å²) in [4.78, 5) is 28.0. The first kappa shape index (κ1) is 25.9. The van der Waals surface area contributed by atoms with Gasteiger partial charge in [0.05, 0.1) is 18.7 Å². The highest BCUT2D eigenvalue weighted by Gasteiger charge is 2.45. The van der Waals surface area contributed by atoms with Crippen molar-refractivity contribution in [3.63, 3.8) is 0 Å². The molecule has 3 aromatic carbocycles. The number of ether oxygens (including phenoxy) is 2. The van der Waals surface area contributed by atoms with E-state index in [1.807, 2.05) is 60.7 Å². The molecule has 0 bridgehead atoms. The smallest absolute Gasteiger partial charge is 0.296 e. The van der Waals surface area contributed by atoms with Gasteiger partial charge in [-0.05, 0) is 41.8 Å². The predicted molar refractivity (Wildman–Crippen MR) is 149 cm³/mol. The van der Waals surface area contributed by atoms with Gasteiger partial charge >= 0.3 is 0 Å². The normalized spacial score (nSPS) is 15.3. The number of nitrogens with zero attached hydrogens (tertiary/aromatic N) is 3. The summed E-state index contributed by atoms with van der Waals surface area (Å²) in [5.41, 5.74) is 2.29. The van der Waals surface area contributed by atoms with E-state index in [0.29, 0.717) is 28.7 Å². The summed E-state index contributed by atoms with van der Waals surface area (Å²) in [6.07, 6.45) is 2.99. The number of methoxy groups -OCH3 is 1. The van der Waals surface area contributed by atoms with Crippen molar-refractivity contribution in [3.05, 3.63) is 118 Å². The van der Waals surface area contributed by atoms with Crippen LogP contribution < -0.4 is 14.4 Å². The number of hydrogen-bond acceptors (Lipinski definition) is 8. The van der Waals surface area contributed by atoms with Crippen molar-refractivity contribution in [1.82, 2.24) is 10.2 Å². The molecule has 0 aliphatic carbocycles. The highest BCUT2D eigenvalue weighted by molar-refractivity contribution is 7.15. The molecule has 1 unspecified atom stereocenters. The Morgan fingerprint density at radius 3 is 2.41 bits per heavy atom. The number of aliphatic hydroxyl groups is 1. The molecule has 0 radical (unpaired) electrons. The van der Waals surface area contributed by atoms with E-state index in [4.69, 9.17) is 9.47 Å². The number of aliphatic hydroxyl groups excluding tert-OH is 1. The molecule has 8 nitrogen and oxygen atoms in total. The Bertz CT molecular complexity index is 1560. The third kappa shape index (κ3) is 5.44. The summed E-state index contributed by atoms with van der Waals surface area (Å²) >= 11 is 1.19. The van der Waals surface area contributed by atoms with Gasteiger partial charge in [-0.15, -0.1) is 10.2 Å². The zero-order valence-electron chi connectivity index (χ0n) is 21.3.